The molecular weight excluding hydrogens is 1440 g/mol. The summed E-state index contributed by atoms with van der Waals surface area (Å²) in [6.45, 7) is 17.4. The molecule has 2 aliphatic heterocycles. The van der Waals surface area contributed by atoms with E-state index in [1.165, 1.54) is 67.8 Å². The highest BCUT2D eigenvalue weighted by Crippen LogP contribution is 2.47. The van der Waals surface area contributed by atoms with Crippen LogP contribution in [0.15, 0.2) is 115 Å². The zero-order valence-corrected chi connectivity index (χ0v) is 57.2. The van der Waals surface area contributed by atoms with Gasteiger partial charge in [0.1, 0.15) is 0 Å². The number of amides is 2. The molecule has 3 fully saturated rings. The Kier molecular flexibility index (Phi) is 44.0. The number of benzene rings is 3. The predicted molar refractivity (Wildman–Crippen MR) is 349 cm³/mol. The number of hydrogen-bond donors (Lipinski definition) is 2. The van der Waals surface area contributed by atoms with Crippen molar-refractivity contribution < 1.29 is 101 Å². The monoisotopic (exact) mass is 1500 g/mol. The molecule has 4 atom stereocenters. The third kappa shape index (κ3) is 38.8. The maximum absolute atomic E-state index is 11.1. The van der Waals surface area contributed by atoms with Crippen LogP contribution >= 0.6 is 104 Å². The van der Waals surface area contributed by atoms with E-state index in [-0.39, 0.29) is 93.3 Å². The number of rotatable bonds is 20. The Morgan fingerprint density at radius 3 is 1.18 bits per heavy atom. The van der Waals surface area contributed by atoms with Crippen molar-refractivity contribution in [3.05, 3.63) is 144 Å². The highest BCUT2D eigenvalue weighted by molar-refractivity contribution is 6.72. The van der Waals surface area contributed by atoms with Crippen LogP contribution in [0.25, 0.3) is 0 Å². The Morgan fingerprint density at radius 1 is 0.547 bits per heavy atom. The van der Waals surface area contributed by atoms with E-state index in [9.17, 15) is 86.3 Å². The normalized spacial score (nSPS) is 16.3. The molecule has 510 valence electrons. The second kappa shape index (κ2) is 47.0. The molecule has 0 radical (unpaired) electrons. The maximum Gasteiger partial charge on any atom is 0.329 e. The first-order valence-electron chi connectivity index (χ1n) is 26.5. The lowest BCUT2D eigenvalue weighted by Crippen LogP contribution is -2.39. The Balaban J connectivity index is 0. The van der Waals surface area contributed by atoms with E-state index in [2.05, 4.69) is 75.3 Å². The number of ether oxygens (including phenoxy) is 3. The summed E-state index contributed by atoms with van der Waals surface area (Å²) in [5.74, 6) is -5.39. The van der Waals surface area contributed by atoms with Crippen molar-refractivity contribution in [1.29, 1.82) is 0 Å². The molecule has 6 rings (SSSR count). The molecule has 34 heteroatoms. The minimum atomic E-state index is -0.846. The minimum Gasteiger partial charge on any atom is -0.466 e. The van der Waals surface area contributed by atoms with Crippen molar-refractivity contribution in [3.63, 3.8) is 0 Å². The van der Waals surface area contributed by atoms with Crippen molar-refractivity contribution in [2.45, 2.75) is 71.8 Å². The molecule has 4 unspecified atom stereocenters. The fraction of sp³-hybridized carbons (Fsp3) is 0.311. The zero-order valence-electron chi connectivity index (χ0n) is 50.4. The van der Waals surface area contributed by atoms with Crippen LogP contribution < -0.4 is 10.6 Å². The summed E-state index contributed by atoms with van der Waals surface area (Å²) in [5, 5.41) is -1.00. The zero-order chi connectivity index (χ0) is 73.3. The molecule has 3 aliphatic rings. The summed E-state index contributed by atoms with van der Waals surface area (Å²) in [5.41, 5.74) is 0.844. The largest absolute Gasteiger partial charge is 0.466 e. The van der Waals surface area contributed by atoms with Crippen molar-refractivity contribution in [2.75, 3.05) is 26.7 Å². The molecule has 95 heavy (non-hydrogen) atoms. The summed E-state index contributed by atoms with van der Waals surface area (Å²) < 4.78 is 12.7. The number of carbonyl (C=O) groups excluding carboxylic acids is 18. The van der Waals surface area contributed by atoms with Gasteiger partial charge in [0.15, 0.2) is 0 Å². The van der Waals surface area contributed by atoms with Gasteiger partial charge in [0, 0.05) is 71.0 Å². The van der Waals surface area contributed by atoms with Gasteiger partial charge in [-0.05, 0) is 183 Å². The highest BCUT2D eigenvalue weighted by atomic mass is 35.5. The second-order valence-electron chi connectivity index (χ2n) is 19.8. The Hall–Kier alpha value is -8.03. The molecule has 2 heterocycles. The molecule has 3 aromatic rings. The van der Waals surface area contributed by atoms with Crippen LogP contribution in [-0.4, -0.2) is 134 Å². The van der Waals surface area contributed by atoms with Gasteiger partial charge in [-0.1, -0.05) is 70.8 Å². The average Bonchev–Trinajstić information content (AvgIpc) is 1.75. The van der Waals surface area contributed by atoms with Gasteiger partial charge in [-0.2, -0.15) is 0 Å². The molecule has 0 spiro atoms. The first kappa shape index (κ1) is 89.0. The number of aliphatic imine (C=N–C) groups is 2. The number of carbonyl (C=O) groups is 16. The lowest BCUT2D eigenvalue weighted by Gasteiger charge is -2.44. The van der Waals surface area contributed by atoms with Crippen LogP contribution in [0.5, 0.6) is 0 Å². The summed E-state index contributed by atoms with van der Waals surface area (Å²) in [7, 11) is 1.31. The SMILES string of the molecule is C=CC(=O)NCCNC(=O)C=C.C=CC(=O)OC.CC1(C)CC(N=C=O)CC(C)(CN=C=O)C1.O=C(Cl)CCC(=O)Cl.O=C(Cl)c1cc(C(=O)Cl)cc(C(=O)Cl)c1.O=C(Cl)c1cccc(C(=O)Cl)c1.O=C(Cl)c1ccccc1C(=O)Cl.O=C1CC(C2CC(=O)OC2=O)C(=O)O1. The topological polar surface area (TPSA) is 384 Å². The molecule has 25 nitrogen and oxygen atoms in total. The van der Waals surface area contributed by atoms with Crippen LogP contribution in [0.1, 0.15) is 138 Å². The fourth-order valence-corrected chi connectivity index (χ4v) is 9.12. The number of nitrogens with zero attached hydrogens (tertiary/aromatic N) is 2. The van der Waals surface area contributed by atoms with Crippen LogP contribution in [0, 0.1) is 22.7 Å². The quantitative estimate of drug-likeness (QED) is 0.0155. The van der Waals surface area contributed by atoms with E-state index in [1.807, 2.05) is 0 Å². The van der Waals surface area contributed by atoms with Crippen molar-refractivity contribution in [1.82, 2.24) is 10.6 Å². The number of methoxy groups -OCH3 is 1. The van der Waals surface area contributed by atoms with Gasteiger partial charge < -0.3 is 24.8 Å². The standard InChI is InChI=1S/C12H18N2O2.C9H3Cl3O3.2C8H4Cl2O2.C8H12N2O2.C8H6O6.C4H4Cl2O2.C4H6O2/c1-11(2)4-10(14-9-16)5-12(3,6-11)7-13-8-15;10-7(13)4-1-5(8(11)14)3-6(2-4)9(12)15;9-7(11)5-2-1-3-6(4-5)8(10)12;9-7(11)5-3-1-2-4-6(5)8(10)12;1-3-7(11)9-5-6-10-8(12)4-2;9-5-1-3(7(11)13-5)4-2-6(10)14-8(4)12;5-3(7)1-2-4(6)8;1-3-4(5)6-2/h10H,4-7H2,1-3H3;1-3H;2*1-4H;3-4H,1-2,5-6H2,(H,9,11)(H,10,12);3-4H,1-2H2;1-2H2;3H,1H2,2H3. The van der Waals surface area contributed by atoms with Crippen LogP contribution in [0.3, 0.4) is 0 Å². The van der Waals surface area contributed by atoms with Gasteiger partial charge in [0.2, 0.25) is 34.5 Å². The fourth-order valence-electron chi connectivity index (χ4n) is 8.04. The second-order valence-corrected chi connectivity index (χ2v) is 23.1. The molecule has 2 N–H and O–H groups in total. The Labute approximate surface area is 587 Å². The highest BCUT2D eigenvalue weighted by Gasteiger charge is 2.48. The first-order chi connectivity index (χ1) is 44.3. The van der Waals surface area contributed by atoms with Crippen LogP contribution in [0.2, 0.25) is 0 Å². The van der Waals surface area contributed by atoms with Crippen molar-refractivity contribution >= 4 is 205 Å². The molecule has 3 aromatic carbocycles. The lowest BCUT2D eigenvalue weighted by atomic mass is 9.63. The minimum absolute atomic E-state index is 0.00725. The van der Waals surface area contributed by atoms with Gasteiger partial charge in [-0.25, -0.2) is 24.4 Å². The molecule has 1 saturated carbocycles. The number of isocyanates is 2. The molecule has 1 aliphatic carbocycles. The molecule has 0 bridgehead atoms. The number of cyclic esters (lactones) is 4. The summed E-state index contributed by atoms with van der Waals surface area (Å²) >= 11 is 46.1. The Morgan fingerprint density at radius 2 is 0.916 bits per heavy atom. The molecule has 0 aromatic heterocycles. The molecular formula is C61H57Cl9N4O21. The van der Waals surface area contributed by atoms with Crippen LogP contribution in [-0.2, 0) is 67.0 Å². The maximum atomic E-state index is 11.1. The summed E-state index contributed by atoms with van der Waals surface area (Å²) in [6.07, 6.45) is 9.11. The van der Waals surface area contributed by atoms with Crippen LogP contribution in [0.4, 0.5) is 0 Å². The van der Waals surface area contributed by atoms with E-state index in [1.54, 1.807) is 30.4 Å². The number of halogens is 9. The lowest BCUT2D eigenvalue weighted by molar-refractivity contribution is -0.158. The third-order valence-corrected chi connectivity index (χ3v) is 13.6. The number of hydrogen-bond acceptors (Lipinski definition) is 23. The van der Waals surface area contributed by atoms with Gasteiger partial charge in [0.05, 0.1) is 44.4 Å². The summed E-state index contributed by atoms with van der Waals surface area (Å²) in [6, 6.07) is 15.6. The van der Waals surface area contributed by atoms with E-state index in [4.69, 9.17) is 104 Å². The predicted octanol–water partition coefficient (Wildman–Crippen LogP) is 10.4. The van der Waals surface area contributed by atoms with Gasteiger partial charge >= 0.3 is 29.8 Å². The number of nitrogens with one attached hydrogen (secondary N) is 2. The summed E-state index contributed by atoms with van der Waals surface area (Å²) in [4.78, 5) is 198. The smallest absolute Gasteiger partial charge is 0.329 e. The molecule has 2 saturated heterocycles. The number of esters is 5. The van der Waals surface area contributed by atoms with Crippen molar-refractivity contribution in [3.8, 4) is 0 Å². The van der Waals surface area contributed by atoms with E-state index in [0.717, 1.165) is 25.3 Å². The van der Waals surface area contributed by atoms with Crippen molar-refractivity contribution in [2.24, 2.45) is 32.7 Å². The average molecular weight is 1500 g/mol. The first-order valence-corrected chi connectivity index (χ1v) is 29.9. The van der Waals surface area contributed by atoms with Gasteiger partial charge in [-0.3, -0.25) is 71.9 Å². The Bertz CT molecular complexity index is 3300. The van der Waals surface area contributed by atoms with Gasteiger partial charge in [-0.15, -0.1) is 0 Å². The van der Waals surface area contributed by atoms with E-state index >= 15 is 0 Å². The van der Waals surface area contributed by atoms with E-state index < -0.39 is 88.9 Å². The van der Waals surface area contributed by atoms with Gasteiger partial charge in [0.25, 0.3) is 36.7 Å². The van der Waals surface area contributed by atoms with E-state index in [0.29, 0.717) is 19.6 Å². The third-order valence-electron chi connectivity index (χ3n) is 11.7. The molecule has 2 amide bonds.